The molecule has 0 fully saturated rings. The van der Waals surface area contributed by atoms with Crippen LogP contribution in [0.5, 0.6) is 0 Å². The highest BCUT2D eigenvalue weighted by Crippen LogP contribution is 2.22. The summed E-state index contributed by atoms with van der Waals surface area (Å²) in [4.78, 5) is 29.8. The van der Waals surface area contributed by atoms with Crippen molar-refractivity contribution in [3.8, 4) is 0 Å². The SMILES string of the molecule is O=C(O)COCCn1ncc2nc(NCc3ccc(Cl)c(Cl)c3)[nH]c(=O)c21. The van der Waals surface area contributed by atoms with E-state index >= 15 is 0 Å². The summed E-state index contributed by atoms with van der Waals surface area (Å²) in [5.41, 5.74) is 1.20. The summed E-state index contributed by atoms with van der Waals surface area (Å²) in [6.45, 7) is 0.330. The maximum atomic E-state index is 12.4. The summed E-state index contributed by atoms with van der Waals surface area (Å²) in [6.07, 6.45) is 1.46. The normalized spacial score (nSPS) is 11.0. The quantitative estimate of drug-likeness (QED) is 0.485. The molecule has 0 aliphatic carbocycles. The molecule has 0 bridgehead atoms. The van der Waals surface area contributed by atoms with Crippen LogP contribution in [0.1, 0.15) is 5.56 Å². The van der Waals surface area contributed by atoms with Gasteiger partial charge in [0.2, 0.25) is 5.95 Å². The maximum Gasteiger partial charge on any atom is 0.329 e. The maximum absolute atomic E-state index is 12.4. The Morgan fingerprint density at radius 1 is 1.33 bits per heavy atom. The van der Waals surface area contributed by atoms with Gasteiger partial charge in [0.15, 0.2) is 5.52 Å². The van der Waals surface area contributed by atoms with Crippen LogP contribution in [0.15, 0.2) is 29.2 Å². The first kappa shape index (κ1) is 19.2. The number of ether oxygens (including phenoxy) is 1. The second-order valence-electron chi connectivity index (χ2n) is 5.56. The van der Waals surface area contributed by atoms with Gasteiger partial charge in [0.05, 0.1) is 29.4 Å². The number of aliphatic carboxylic acids is 1. The Morgan fingerprint density at radius 3 is 2.89 bits per heavy atom. The zero-order valence-corrected chi connectivity index (χ0v) is 15.4. The van der Waals surface area contributed by atoms with Gasteiger partial charge in [-0.25, -0.2) is 9.78 Å². The van der Waals surface area contributed by atoms with E-state index in [-0.39, 0.29) is 24.2 Å². The lowest BCUT2D eigenvalue weighted by molar-refractivity contribution is -0.142. The lowest BCUT2D eigenvalue weighted by Gasteiger charge is -2.07. The summed E-state index contributed by atoms with van der Waals surface area (Å²) in [6, 6.07) is 5.23. The molecule has 0 saturated carbocycles. The minimum atomic E-state index is -1.06. The first-order valence-electron chi connectivity index (χ1n) is 7.87. The van der Waals surface area contributed by atoms with E-state index in [9.17, 15) is 9.59 Å². The van der Waals surface area contributed by atoms with Crippen LogP contribution in [0, 0.1) is 0 Å². The summed E-state index contributed by atoms with van der Waals surface area (Å²) in [5.74, 6) is -0.766. The Labute approximate surface area is 162 Å². The van der Waals surface area contributed by atoms with Crippen molar-refractivity contribution in [2.45, 2.75) is 13.1 Å². The molecule has 2 aromatic heterocycles. The summed E-state index contributed by atoms with van der Waals surface area (Å²) in [7, 11) is 0. The minimum Gasteiger partial charge on any atom is -0.480 e. The van der Waals surface area contributed by atoms with Crippen molar-refractivity contribution >= 4 is 46.2 Å². The van der Waals surface area contributed by atoms with Crippen LogP contribution in [0.4, 0.5) is 5.95 Å². The lowest BCUT2D eigenvalue weighted by Crippen LogP contribution is -2.18. The van der Waals surface area contributed by atoms with E-state index < -0.39 is 12.6 Å². The second kappa shape index (κ2) is 8.38. The third-order valence-corrected chi connectivity index (χ3v) is 4.36. The van der Waals surface area contributed by atoms with E-state index in [4.69, 9.17) is 33.0 Å². The summed E-state index contributed by atoms with van der Waals surface area (Å²) >= 11 is 11.9. The van der Waals surface area contributed by atoms with Gasteiger partial charge < -0.3 is 15.2 Å². The molecule has 27 heavy (non-hydrogen) atoms. The fourth-order valence-electron chi connectivity index (χ4n) is 2.41. The molecular formula is C16H15Cl2N5O4. The molecule has 0 unspecified atom stereocenters. The number of nitrogens with zero attached hydrogens (tertiary/aromatic N) is 3. The van der Waals surface area contributed by atoms with Gasteiger partial charge in [-0.2, -0.15) is 5.10 Å². The Morgan fingerprint density at radius 2 is 2.15 bits per heavy atom. The predicted octanol–water partition coefficient (Wildman–Crippen LogP) is 2.14. The second-order valence-corrected chi connectivity index (χ2v) is 6.38. The van der Waals surface area contributed by atoms with Crippen molar-refractivity contribution in [3.63, 3.8) is 0 Å². The predicted molar refractivity (Wildman–Crippen MR) is 100 cm³/mol. The van der Waals surface area contributed by atoms with Crippen LogP contribution in [-0.4, -0.2) is 44.0 Å². The molecule has 0 aliphatic rings. The van der Waals surface area contributed by atoms with Crippen LogP contribution >= 0.6 is 23.2 Å². The van der Waals surface area contributed by atoms with Gasteiger partial charge in [-0.15, -0.1) is 0 Å². The van der Waals surface area contributed by atoms with Crippen molar-refractivity contribution in [2.24, 2.45) is 0 Å². The van der Waals surface area contributed by atoms with Gasteiger partial charge in [-0.1, -0.05) is 29.3 Å². The fraction of sp³-hybridized carbons (Fsp3) is 0.250. The average molecular weight is 412 g/mol. The van der Waals surface area contributed by atoms with E-state index in [0.717, 1.165) is 5.56 Å². The Balaban J connectivity index is 1.70. The number of aromatic amines is 1. The number of carboxylic acids is 1. The number of benzene rings is 1. The fourth-order valence-corrected chi connectivity index (χ4v) is 2.73. The highest BCUT2D eigenvalue weighted by Gasteiger charge is 2.11. The molecule has 3 rings (SSSR count). The standard InChI is InChI=1S/C16H15Cl2N5O4/c17-10-2-1-9(5-11(10)18)6-19-16-21-12-7-20-23(14(12)15(26)22-16)3-4-27-8-13(24)25/h1-2,5,7H,3-4,6,8H2,(H,24,25)(H2,19,21,22,26). The number of H-pyrrole nitrogens is 1. The number of anilines is 1. The van der Waals surface area contributed by atoms with Gasteiger partial charge in [0.25, 0.3) is 5.56 Å². The zero-order chi connectivity index (χ0) is 19.4. The van der Waals surface area contributed by atoms with Crippen LogP contribution in [0.3, 0.4) is 0 Å². The summed E-state index contributed by atoms with van der Waals surface area (Å²) < 4.78 is 6.38. The molecular weight excluding hydrogens is 397 g/mol. The van der Waals surface area contributed by atoms with Gasteiger partial charge in [-0.3, -0.25) is 14.5 Å². The molecule has 2 heterocycles. The number of carboxylic acid groups (broad SMARTS) is 1. The molecule has 0 saturated heterocycles. The smallest absolute Gasteiger partial charge is 0.329 e. The Kier molecular flexibility index (Phi) is 5.94. The van der Waals surface area contributed by atoms with Crippen LogP contribution in [0.25, 0.3) is 11.0 Å². The topological polar surface area (TPSA) is 122 Å². The first-order valence-corrected chi connectivity index (χ1v) is 8.63. The third kappa shape index (κ3) is 4.76. The minimum absolute atomic E-state index is 0.111. The van der Waals surface area contributed by atoms with Gasteiger partial charge in [0, 0.05) is 6.54 Å². The molecule has 0 aliphatic heterocycles. The number of hydrogen-bond donors (Lipinski definition) is 3. The van der Waals surface area contributed by atoms with Crippen LogP contribution in [0.2, 0.25) is 10.0 Å². The van der Waals surface area contributed by atoms with E-state index in [2.05, 4.69) is 20.4 Å². The van der Waals surface area contributed by atoms with Crippen molar-refractivity contribution < 1.29 is 14.6 Å². The number of nitrogens with one attached hydrogen (secondary N) is 2. The van der Waals surface area contributed by atoms with Gasteiger partial charge in [-0.05, 0) is 17.7 Å². The molecule has 0 spiro atoms. The molecule has 0 amide bonds. The molecule has 11 heteroatoms. The number of fused-ring (bicyclic) bond motifs is 1. The van der Waals surface area contributed by atoms with Crippen molar-refractivity contribution in [2.75, 3.05) is 18.5 Å². The summed E-state index contributed by atoms with van der Waals surface area (Å²) in [5, 5.41) is 16.6. The molecule has 1 aromatic carbocycles. The molecule has 0 atom stereocenters. The largest absolute Gasteiger partial charge is 0.480 e. The number of halogens is 2. The van der Waals surface area contributed by atoms with Crippen molar-refractivity contribution in [3.05, 3.63) is 50.4 Å². The zero-order valence-electron chi connectivity index (χ0n) is 13.9. The Hall–Kier alpha value is -2.62. The lowest BCUT2D eigenvalue weighted by atomic mass is 10.2. The highest BCUT2D eigenvalue weighted by atomic mass is 35.5. The van der Waals surface area contributed by atoms with E-state index in [1.54, 1.807) is 12.1 Å². The van der Waals surface area contributed by atoms with E-state index in [1.165, 1.54) is 10.9 Å². The van der Waals surface area contributed by atoms with Crippen molar-refractivity contribution in [1.29, 1.82) is 0 Å². The van der Waals surface area contributed by atoms with E-state index in [0.29, 0.717) is 28.1 Å². The van der Waals surface area contributed by atoms with Crippen LogP contribution < -0.4 is 10.9 Å². The third-order valence-electron chi connectivity index (χ3n) is 3.62. The number of rotatable bonds is 8. The number of aromatic nitrogens is 4. The van der Waals surface area contributed by atoms with Crippen molar-refractivity contribution in [1.82, 2.24) is 19.7 Å². The molecule has 142 valence electrons. The monoisotopic (exact) mass is 411 g/mol. The van der Waals surface area contributed by atoms with E-state index in [1.807, 2.05) is 6.07 Å². The number of carbonyl (C=O) groups is 1. The molecule has 0 radical (unpaired) electrons. The van der Waals surface area contributed by atoms with Crippen LogP contribution in [-0.2, 0) is 22.6 Å². The average Bonchev–Trinajstić information content (AvgIpc) is 3.03. The number of hydrogen-bond acceptors (Lipinski definition) is 6. The highest BCUT2D eigenvalue weighted by molar-refractivity contribution is 6.42. The van der Waals surface area contributed by atoms with Gasteiger partial charge >= 0.3 is 5.97 Å². The first-order chi connectivity index (χ1) is 12.9. The molecule has 3 aromatic rings. The van der Waals surface area contributed by atoms with Gasteiger partial charge in [0.1, 0.15) is 12.1 Å². The molecule has 3 N–H and O–H groups in total. The molecule has 9 nitrogen and oxygen atoms in total. The Bertz CT molecular complexity index is 1030.